The zero-order valence-electron chi connectivity index (χ0n) is 22.0. The van der Waals surface area contributed by atoms with Crippen molar-refractivity contribution < 1.29 is 19.8 Å². The minimum absolute atomic E-state index is 0.0962. The molecule has 0 aliphatic carbocycles. The van der Waals surface area contributed by atoms with Gasteiger partial charge in [-0.3, -0.25) is 4.79 Å². The van der Waals surface area contributed by atoms with Crippen molar-refractivity contribution in [1.82, 2.24) is 4.90 Å². The number of carbonyl (C=O) groups excluding carboxylic acids is 1. The Kier molecular flexibility index (Phi) is 7.07. The number of carbonyl (C=O) groups is 2. The lowest BCUT2D eigenvalue weighted by Crippen LogP contribution is -2.58. The average molecular weight is 518 g/mol. The Balaban J connectivity index is 1.67. The maximum absolute atomic E-state index is 13.3. The summed E-state index contributed by atoms with van der Waals surface area (Å²) in [7, 11) is 0. The third-order valence-corrected chi connectivity index (χ3v) is 7.86. The molecule has 2 atom stereocenters. The number of hydrogen-bond acceptors (Lipinski definition) is 3. The summed E-state index contributed by atoms with van der Waals surface area (Å²) in [5.41, 5.74) is 1.00. The molecule has 0 saturated heterocycles. The second-order valence-corrected chi connectivity index (χ2v) is 10.2. The molecule has 0 aromatic heterocycles. The maximum Gasteiger partial charge on any atom is 0.330 e. The zero-order chi connectivity index (χ0) is 27.6. The first kappa shape index (κ1) is 26.0. The molecule has 5 rings (SSSR count). The van der Waals surface area contributed by atoms with Gasteiger partial charge >= 0.3 is 5.97 Å². The second-order valence-electron chi connectivity index (χ2n) is 10.2. The molecule has 0 saturated carbocycles. The smallest absolute Gasteiger partial charge is 0.330 e. The number of carboxylic acids is 1. The zero-order valence-corrected chi connectivity index (χ0v) is 22.0. The largest absolute Gasteiger partial charge is 0.508 e. The normalized spacial score (nSPS) is 13.6. The SMILES string of the molecule is CC(=O)N(Cc1cccc2ccccc12)[C@@](C)(C(=O)O)C(Cc1cccc2ccccc12)c1ccc(O)cc1. The molecule has 1 unspecified atom stereocenters. The van der Waals surface area contributed by atoms with Crippen LogP contribution in [0.3, 0.4) is 0 Å². The molecular formula is C34H31NO4. The van der Waals surface area contributed by atoms with E-state index < -0.39 is 17.4 Å². The fraction of sp³-hybridized carbons (Fsp3) is 0.176. The number of carboxylic acid groups (broad SMARTS) is 1. The van der Waals surface area contributed by atoms with Crippen LogP contribution >= 0.6 is 0 Å². The van der Waals surface area contributed by atoms with Gasteiger partial charge in [-0.2, -0.15) is 0 Å². The van der Waals surface area contributed by atoms with Crippen molar-refractivity contribution in [3.8, 4) is 5.75 Å². The van der Waals surface area contributed by atoms with E-state index in [-0.39, 0.29) is 18.2 Å². The summed E-state index contributed by atoms with van der Waals surface area (Å²) in [6, 6.07) is 34.5. The molecule has 0 fully saturated rings. The van der Waals surface area contributed by atoms with Gasteiger partial charge in [0.25, 0.3) is 0 Å². The Morgan fingerprint density at radius 1 is 0.744 bits per heavy atom. The van der Waals surface area contributed by atoms with Crippen LogP contribution in [0.15, 0.2) is 109 Å². The molecule has 1 amide bonds. The van der Waals surface area contributed by atoms with Crippen LogP contribution in [0.1, 0.15) is 36.5 Å². The van der Waals surface area contributed by atoms with Crippen LogP contribution in [0, 0.1) is 0 Å². The van der Waals surface area contributed by atoms with Crippen molar-refractivity contribution in [3.63, 3.8) is 0 Å². The molecular weight excluding hydrogens is 486 g/mol. The summed E-state index contributed by atoms with van der Waals surface area (Å²) in [4.78, 5) is 28.1. The number of amides is 1. The third kappa shape index (κ3) is 4.96. The standard InChI is InChI=1S/C34H31NO4/c1-23(36)35(22-28-14-8-12-25-10-4-6-16-31(25)28)34(2,33(38)39)32(26-17-19-29(37)20-18-26)21-27-13-7-11-24-9-3-5-15-30(24)27/h3-20,32,37H,21-22H2,1-2H3,(H,38,39)/t32?,34-/m1/s1. The van der Waals surface area contributed by atoms with Crippen molar-refractivity contribution in [2.45, 2.75) is 38.3 Å². The van der Waals surface area contributed by atoms with Crippen LogP contribution < -0.4 is 0 Å². The van der Waals surface area contributed by atoms with Gasteiger partial charge in [-0.15, -0.1) is 0 Å². The van der Waals surface area contributed by atoms with Gasteiger partial charge in [-0.05, 0) is 63.7 Å². The number of nitrogens with zero attached hydrogens (tertiary/aromatic N) is 1. The highest BCUT2D eigenvalue weighted by molar-refractivity contribution is 5.90. The Morgan fingerprint density at radius 3 is 1.82 bits per heavy atom. The highest BCUT2D eigenvalue weighted by atomic mass is 16.4. The van der Waals surface area contributed by atoms with E-state index in [0.29, 0.717) is 6.42 Å². The number of rotatable bonds is 8. The highest BCUT2D eigenvalue weighted by Gasteiger charge is 2.48. The number of phenolic OH excluding ortho intramolecular Hbond substituents is 1. The minimum Gasteiger partial charge on any atom is -0.508 e. The van der Waals surface area contributed by atoms with Crippen molar-refractivity contribution in [1.29, 1.82) is 0 Å². The van der Waals surface area contributed by atoms with Crippen molar-refractivity contribution >= 4 is 33.4 Å². The lowest BCUT2D eigenvalue weighted by Gasteiger charge is -2.43. The quantitative estimate of drug-likeness (QED) is 0.234. The first-order chi connectivity index (χ1) is 18.8. The summed E-state index contributed by atoms with van der Waals surface area (Å²) in [5, 5.41) is 25.0. The lowest BCUT2D eigenvalue weighted by atomic mass is 9.74. The summed E-state index contributed by atoms with van der Waals surface area (Å²) in [6.07, 6.45) is 0.383. The van der Waals surface area contributed by atoms with E-state index in [1.807, 2.05) is 84.9 Å². The van der Waals surface area contributed by atoms with E-state index in [1.54, 1.807) is 31.2 Å². The van der Waals surface area contributed by atoms with Crippen LogP contribution in [0.2, 0.25) is 0 Å². The molecule has 5 nitrogen and oxygen atoms in total. The summed E-state index contributed by atoms with van der Waals surface area (Å²) in [5.74, 6) is -1.93. The summed E-state index contributed by atoms with van der Waals surface area (Å²) < 4.78 is 0. The van der Waals surface area contributed by atoms with Gasteiger partial charge in [0.05, 0.1) is 0 Å². The Hall–Kier alpha value is -4.64. The van der Waals surface area contributed by atoms with Crippen LogP contribution in [0.5, 0.6) is 5.75 Å². The molecule has 5 aromatic carbocycles. The summed E-state index contributed by atoms with van der Waals surface area (Å²) >= 11 is 0. The molecule has 0 aliphatic heterocycles. The predicted octanol–water partition coefficient (Wildman–Crippen LogP) is 6.92. The van der Waals surface area contributed by atoms with Crippen molar-refractivity contribution in [3.05, 3.63) is 126 Å². The molecule has 39 heavy (non-hydrogen) atoms. The van der Waals surface area contributed by atoms with E-state index >= 15 is 0 Å². The second kappa shape index (κ2) is 10.6. The van der Waals surface area contributed by atoms with E-state index in [9.17, 15) is 19.8 Å². The molecule has 5 aromatic rings. The van der Waals surface area contributed by atoms with Crippen LogP contribution in [-0.4, -0.2) is 32.5 Å². The summed E-state index contributed by atoms with van der Waals surface area (Å²) in [6.45, 7) is 3.21. The van der Waals surface area contributed by atoms with Crippen LogP contribution in [-0.2, 0) is 22.6 Å². The Labute approximate surface area is 227 Å². The molecule has 2 N–H and O–H groups in total. The van der Waals surface area contributed by atoms with Crippen molar-refractivity contribution in [2.75, 3.05) is 0 Å². The fourth-order valence-corrected chi connectivity index (χ4v) is 5.69. The molecule has 5 heteroatoms. The van der Waals surface area contributed by atoms with Gasteiger partial charge in [-0.25, -0.2) is 4.79 Å². The van der Waals surface area contributed by atoms with Crippen molar-refractivity contribution in [2.24, 2.45) is 0 Å². The molecule has 0 radical (unpaired) electrons. The van der Waals surface area contributed by atoms with Crippen LogP contribution in [0.25, 0.3) is 21.5 Å². The number of fused-ring (bicyclic) bond motifs is 2. The molecule has 0 aliphatic rings. The van der Waals surface area contributed by atoms with E-state index in [1.165, 1.54) is 11.8 Å². The van der Waals surface area contributed by atoms with Gasteiger partial charge in [0.1, 0.15) is 11.3 Å². The monoisotopic (exact) mass is 517 g/mol. The molecule has 0 heterocycles. The molecule has 0 bridgehead atoms. The lowest BCUT2D eigenvalue weighted by molar-refractivity contribution is -0.160. The maximum atomic E-state index is 13.3. The van der Waals surface area contributed by atoms with Gasteiger partial charge in [-0.1, -0.05) is 97.1 Å². The van der Waals surface area contributed by atoms with E-state index in [0.717, 1.165) is 38.2 Å². The number of aromatic hydroxyl groups is 1. The molecule has 196 valence electrons. The number of phenols is 1. The highest BCUT2D eigenvalue weighted by Crippen LogP contribution is 2.40. The topological polar surface area (TPSA) is 77.8 Å². The minimum atomic E-state index is -1.60. The molecule has 0 spiro atoms. The fourth-order valence-electron chi connectivity index (χ4n) is 5.69. The predicted molar refractivity (Wildman–Crippen MR) is 155 cm³/mol. The van der Waals surface area contributed by atoms with Gasteiger partial charge in [0, 0.05) is 19.4 Å². The van der Waals surface area contributed by atoms with Crippen LogP contribution in [0.4, 0.5) is 0 Å². The average Bonchev–Trinajstić information content (AvgIpc) is 2.94. The number of benzene rings is 5. The number of hydrogen-bond donors (Lipinski definition) is 2. The van der Waals surface area contributed by atoms with Gasteiger partial charge in [0.2, 0.25) is 5.91 Å². The third-order valence-electron chi connectivity index (χ3n) is 7.86. The first-order valence-electron chi connectivity index (χ1n) is 13.0. The Bertz CT molecular complexity index is 1650. The number of aliphatic carboxylic acids is 1. The first-order valence-corrected chi connectivity index (χ1v) is 13.0. The van der Waals surface area contributed by atoms with Gasteiger partial charge in [0.15, 0.2) is 0 Å². The van der Waals surface area contributed by atoms with E-state index in [4.69, 9.17) is 0 Å². The van der Waals surface area contributed by atoms with E-state index in [2.05, 4.69) is 0 Å². The Morgan fingerprint density at radius 2 is 1.26 bits per heavy atom. The van der Waals surface area contributed by atoms with Gasteiger partial charge < -0.3 is 15.1 Å².